The Morgan fingerprint density at radius 2 is 1.64 bits per heavy atom. The molecule has 0 heterocycles. The first-order valence-electron chi connectivity index (χ1n) is 10.9. The van der Waals surface area contributed by atoms with Crippen LogP contribution in [0.2, 0.25) is 5.02 Å². The van der Waals surface area contributed by atoms with Crippen LogP contribution >= 0.6 is 11.6 Å². The number of hydrogen-bond donors (Lipinski definition) is 1. The van der Waals surface area contributed by atoms with Gasteiger partial charge < -0.3 is 5.32 Å². The van der Waals surface area contributed by atoms with E-state index in [9.17, 15) is 13.2 Å². The Labute approximate surface area is 201 Å². The number of carbonyl (C=O) groups is 1. The van der Waals surface area contributed by atoms with Crippen molar-refractivity contribution in [2.45, 2.75) is 45.1 Å². The highest BCUT2D eigenvalue weighted by molar-refractivity contribution is 7.92. The zero-order valence-electron chi connectivity index (χ0n) is 19.3. The molecule has 0 fully saturated rings. The third-order valence-corrected chi connectivity index (χ3v) is 7.85. The van der Waals surface area contributed by atoms with Crippen LogP contribution in [-0.4, -0.2) is 20.9 Å². The van der Waals surface area contributed by atoms with Crippen molar-refractivity contribution in [3.63, 3.8) is 0 Å². The minimum atomic E-state index is -4.00. The quantitative estimate of drug-likeness (QED) is 0.453. The van der Waals surface area contributed by atoms with Gasteiger partial charge in [0.15, 0.2) is 0 Å². The van der Waals surface area contributed by atoms with Crippen LogP contribution in [0.4, 0.5) is 5.69 Å². The molecule has 33 heavy (non-hydrogen) atoms. The number of amides is 1. The Balaban J connectivity index is 1.91. The molecule has 7 heteroatoms. The molecule has 0 bridgehead atoms. The smallest absolute Gasteiger partial charge is 0.264 e. The summed E-state index contributed by atoms with van der Waals surface area (Å²) < 4.78 is 28.3. The van der Waals surface area contributed by atoms with E-state index in [1.165, 1.54) is 5.56 Å². The molecule has 1 N–H and O–H groups in total. The molecule has 0 unspecified atom stereocenters. The number of halogens is 1. The summed E-state index contributed by atoms with van der Waals surface area (Å²) in [6.45, 7) is 7.22. The van der Waals surface area contributed by atoms with Crippen LogP contribution in [0.1, 0.15) is 42.1 Å². The Morgan fingerprint density at radius 3 is 2.24 bits per heavy atom. The van der Waals surface area contributed by atoms with E-state index in [4.69, 9.17) is 11.6 Å². The summed E-state index contributed by atoms with van der Waals surface area (Å²) in [6.07, 6.45) is 0.936. The van der Waals surface area contributed by atoms with E-state index in [1.807, 2.05) is 38.1 Å². The van der Waals surface area contributed by atoms with Crippen LogP contribution in [-0.2, 0) is 21.2 Å². The maximum Gasteiger partial charge on any atom is 0.264 e. The molecule has 5 nitrogen and oxygen atoms in total. The lowest BCUT2D eigenvalue weighted by Crippen LogP contribution is -2.42. The van der Waals surface area contributed by atoms with Gasteiger partial charge in [0.05, 0.1) is 16.6 Å². The van der Waals surface area contributed by atoms with Gasteiger partial charge in [-0.2, -0.15) is 0 Å². The van der Waals surface area contributed by atoms with E-state index >= 15 is 0 Å². The second kappa shape index (κ2) is 10.4. The van der Waals surface area contributed by atoms with E-state index < -0.39 is 15.9 Å². The van der Waals surface area contributed by atoms with Crippen molar-refractivity contribution in [1.82, 2.24) is 5.32 Å². The third kappa shape index (κ3) is 5.75. The molecular weight excluding hydrogens is 456 g/mol. The van der Waals surface area contributed by atoms with Crippen molar-refractivity contribution >= 4 is 33.2 Å². The first kappa shape index (κ1) is 24.8. The Hall–Kier alpha value is -2.83. The van der Waals surface area contributed by atoms with Crippen molar-refractivity contribution in [3.8, 4) is 0 Å². The second-order valence-corrected chi connectivity index (χ2v) is 10.4. The molecule has 0 aromatic heterocycles. The number of carbonyl (C=O) groups excluding carboxylic acids is 1. The predicted octanol–water partition coefficient (Wildman–Crippen LogP) is 5.59. The zero-order chi connectivity index (χ0) is 24.2. The minimum absolute atomic E-state index is 0.114. The second-order valence-electron chi connectivity index (χ2n) is 8.09. The molecular formula is C26H29ClN2O3S. The summed E-state index contributed by atoms with van der Waals surface area (Å²) >= 11 is 6.28. The number of rotatable bonds is 8. The number of benzene rings is 3. The molecule has 0 aliphatic rings. The fourth-order valence-electron chi connectivity index (χ4n) is 3.55. The third-order valence-electron chi connectivity index (χ3n) is 5.67. The summed E-state index contributed by atoms with van der Waals surface area (Å²) in [5.74, 6) is -0.405. The SMILES string of the molecule is CCc1ccc([C@H](C)NC(=O)CN(c2cccc(Cl)c2C)S(=O)(=O)c2ccc(C)cc2)cc1. The fourth-order valence-corrected chi connectivity index (χ4v) is 5.19. The molecule has 3 aromatic carbocycles. The normalized spacial score (nSPS) is 12.3. The molecule has 0 aliphatic heterocycles. The number of hydrogen-bond acceptors (Lipinski definition) is 3. The lowest BCUT2D eigenvalue weighted by Gasteiger charge is -2.27. The van der Waals surface area contributed by atoms with E-state index in [0.717, 1.165) is 21.9 Å². The average Bonchev–Trinajstić information content (AvgIpc) is 2.79. The Morgan fingerprint density at radius 1 is 1.00 bits per heavy atom. The first-order chi connectivity index (χ1) is 15.6. The van der Waals surface area contributed by atoms with Crippen LogP contribution in [0.15, 0.2) is 71.6 Å². The number of sulfonamides is 1. The van der Waals surface area contributed by atoms with Gasteiger partial charge in [-0.25, -0.2) is 8.42 Å². The summed E-state index contributed by atoms with van der Waals surface area (Å²) in [7, 11) is -4.00. The summed E-state index contributed by atoms with van der Waals surface area (Å²) in [4.78, 5) is 13.1. The number of nitrogens with one attached hydrogen (secondary N) is 1. The molecule has 3 rings (SSSR count). The first-order valence-corrected chi connectivity index (χ1v) is 12.7. The molecule has 0 saturated heterocycles. The van der Waals surface area contributed by atoms with Gasteiger partial charge in [-0.3, -0.25) is 9.10 Å². The monoisotopic (exact) mass is 484 g/mol. The van der Waals surface area contributed by atoms with Gasteiger partial charge in [0.1, 0.15) is 6.54 Å². The highest BCUT2D eigenvalue weighted by Gasteiger charge is 2.29. The predicted molar refractivity (Wildman–Crippen MR) is 134 cm³/mol. The number of nitrogens with zero attached hydrogens (tertiary/aromatic N) is 1. The number of anilines is 1. The van der Waals surface area contributed by atoms with Crippen LogP contribution in [0.3, 0.4) is 0 Å². The fraction of sp³-hybridized carbons (Fsp3) is 0.269. The lowest BCUT2D eigenvalue weighted by molar-refractivity contribution is -0.120. The molecule has 1 amide bonds. The average molecular weight is 485 g/mol. The summed E-state index contributed by atoms with van der Waals surface area (Å²) in [5, 5.41) is 3.35. The molecule has 0 saturated carbocycles. The van der Waals surface area contributed by atoms with Crippen LogP contribution < -0.4 is 9.62 Å². The summed E-state index contributed by atoms with van der Waals surface area (Å²) in [6, 6.07) is 19.3. The highest BCUT2D eigenvalue weighted by atomic mass is 35.5. The van der Waals surface area contributed by atoms with Gasteiger partial charge in [0.25, 0.3) is 10.0 Å². The largest absolute Gasteiger partial charge is 0.348 e. The Kier molecular flexibility index (Phi) is 7.82. The Bertz CT molecular complexity index is 1220. The van der Waals surface area contributed by atoms with Crippen molar-refractivity contribution in [1.29, 1.82) is 0 Å². The molecule has 0 aliphatic carbocycles. The molecule has 0 radical (unpaired) electrons. The maximum absolute atomic E-state index is 13.6. The topological polar surface area (TPSA) is 66.5 Å². The van der Waals surface area contributed by atoms with Gasteiger partial charge in [-0.1, -0.05) is 66.6 Å². The minimum Gasteiger partial charge on any atom is -0.348 e. The van der Waals surface area contributed by atoms with E-state index in [2.05, 4.69) is 12.2 Å². The van der Waals surface area contributed by atoms with E-state index in [1.54, 1.807) is 49.4 Å². The maximum atomic E-state index is 13.6. The van der Waals surface area contributed by atoms with Crippen molar-refractivity contribution in [3.05, 3.63) is 94.0 Å². The van der Waals surface area contributed by atoms with Gasteiger partial charge in [0, 0.05) is 5.02 Å². The van der Waals surface area contributed by atoms with E-state index in [0.29, 0.717) is 16.3 Å². The highest BCUT2D eigenvalue weighted by Crippen LogP contribution is 2.31. The van der Waals surface area contributed by atoms with Crippen LogP contribution in [0, 0.1) is 13.8 Å². The number of aryl methyl sites for hydroxylation is 2. The van der Waals surface area contributed by atoms with Crippen molar-refractivity contribution < 1.29 is 13.2 Å². The standard InChI is InChI=1S/C26H29ClN2O3S/c1-5-21-11-13-22(14-12-21)20(4)28-26(30)17-29(25-8-6-7-24(27)19(25)3)33(31,32)23-15-9-18(2)10-16-23/h6-16,20H,5,17H2,1-4H3,(H,28,30)/t20-/m0/s1. The van der Waals surface area contributed by atoms with Crippen molar-refractivity contribution in [2.75, 3.05) is 10.8 Å². The zero-order valence-corrected chi connectivity index (χ0v) is 20.9. The van der Waals surface area contributed by atoms with Gasteiger partial charge >= 0.3 is 0 Å². The lowest BCUT2D eigenvalue weighted by atomic mass is 10.1. The van der Waals surface area contributed by atoms with Gasteiger partial charge in [-0.15, -0.1) is 0 Å². The summed E-state index contributed by atoms with van der Waals surface area (Å²) in [5.41, 5.74) is 4.07. The van der Waals surface area contributed by atoms with Gasteiger partial charge in [0.2, 0.25) is 5.91 Å². The van der Waals surface area contributed by atoms with Crippen LogP contribution in [0.5, 0.6) is 0 Å². The molecule has 3 aromatic rings. The van der Waals surface area contributed by atoms with E-state index in [-0.39, 0.29) is 17.5 Å². The molecule has 174 valence electrons. The molecule has 1 atom stereocenters. The van der Waals surface area contributed by atoms with Gasteiger partial charge in [-0.05, 0) is 68.1 Å². The van der Waals surface area contributed by atoms with Crippen molar-refractivity contribution in [2.24, 2.45) is 0 Å². The van der Waals surface area contributed by atoms with Crippen LogP contribution in [0.25, 0.3) is 0 Å². The molecule has 0 spiro atoms.